The first kappa shape index (κ1) is 16.7. The summed E-state index contributed by atoms with van der Waals surface area (Å²) >= 11 is 0. The smallest absolute Gasteiger partial charge is 0.239 e. The summed E-state index contributed by atoms with van der Waals surface area (Å²) in [6.45, 7) is 1.74. The lowest BCUT2D eigenvalue weighted by atomic mass is 9.97. The fraction of sp³-hybridized carbons (Fsp3) is 0.474. The number of carbonyl (C=O) groups is 1. The van der Waals surface area contributed by atoms with Gasteiger partial charge in [0.05, 0.1) is 6.04 Å². The van der Waals surface area contributed by atoms with Crippen LogP contribution in [-0.2, 0) is 24.2 Å². The molecule has 1 aliphatic heterocycles. The summed E-state index contributed by atoms with van der Waals surface area (Å²) in [5, 5.41) is 0. The molecule has 1 aromatic heterocycles. The molecule has 0 aliphatic carbocycles. The highest BCUT2D eigenvalue weighted by molar-refractivity contribution is 5.81. The van der Waals surface area contributed by atoms with Crippen LogP contribution >= 0.6 is 0 Å². The molecule has 3 rings (SSSR count). The first-order valence-electron chi connectivity index (χ1n) is 8.68. The van der Waals surface area contributed by atoms with Crippen molar-refractivity contribution in [1.82, 2.24) is 14.5 Å². The summed E-state index contributed by atoms with van der Waals surface area (Å²) in [5.41, 5.74) is 7.35. The molecule has 0 saturated heterocycles. The van der Waals surface area contributed by atoms with Crippen LogP contribution in [0, 0.1) is 5.92 Å². The standard InChI is InChI=1S/C19H26N4O/c1-22(14-16-9-11-23-12-10-21-18(23)13-16)19(24)17(20)8-7-15-5-3-2-4-6-15/h2-6,10,12,16-17H,7-9,11,13-14,20H2,1H3/t16?,17-/m0/s1. The van der Waals surface area contributed by atoms with Gasteiger partial charge in [-0.05, 0) is 30.7 Å². The molecule has 2 aromatic rings. The molecule has 0 spiro atoms. The molecular formula is C19H26N4O. The third kappa shape index (κ3) is 4.03. The minimum atomic E-state index is -0.430. The Hall–Kier alpha value is -2.14. The molecule has 5 nitrogen and oxygen atoms in total. The van der Waals surface area contributed by atoms with E-state index in [9.17, 15) is 4.79 Å². The van der Waals surface area contributed by atoms with Crippen molar-refractivity contribution in [3.05, 3.63) is 54.1 Å². The third-order valence-corrected chi connectivity index (χ3v) is 4.86. The topological polar surface area (TPSA) is 64.2 Å². The van der Waals surface area contributed by atoms with Crippen LogP contribution in [-0.4, -0.2) is 40.0 Å². The molecule has 1 amide bonds. The van der Waals surface area contributed by atoms with Crippen molar-refractivity contribution in [3.63, 3.8) is 0 Å². The van der Waals surface area contributed by atoms with E-state index in [0.717, 1.165) is 38.2 Å². The van der Waals surface area contributed by atoms with Gasteiger partial charge in [0.2, 0.25) is 5.91 Å². The molecule has 128 valence electrons. The second-order valence-corrected chi connectivity index (χ2v) is 6.75. The van der Waals surface area contributed by atoms with Crippen LogP contribution in [0.15, 0.2) is 42.7 Å². The summed E-state index contributed by atoms with van der Waals surface area (Å²) in [6, 6.07) is 9.75. The normalized spacial score (nSPS) is 18.0. The molecule has 0 bridgehead atoms. The van der Waals surface area contributed by atoms with E-state index in [0.29, 0.717) is 12.3 Å². The zero-order chi connectivity index (χ0) is 16.9. The lowest BCUT2D eigenvalue weighted by Crippen LogP contribution is -2.44. The number of hydrogen-bond acceptors (Lipinski definition) is 3. The van der Waals surface area contributed by atoms with Crippen LogP contribution in [0.5, 0.6) is 0 Å². The van der Waals surface area contributed by atoms with Crippen molar-refractivity contribution < 1.29 is 4.79 Å². The quantitative estimate of drug-likeness (QED) is 0.881. The highest BCUT2D eigenvalue weighted by Crippen LogP contribution is 2.20. The van der Waals surface area contributed by atoms with Gasteiger partial charge in [-0.3, -0.25) is 4.79 Å². The van der Waals surface area contributed by atoms with Gasteiger partial charge in [-0.15, -0.1) is 0 Å². The number of imidazole rings is 1. The summed E-state index contributed by atoms with van der Waals surface area (Å²) < 4.78 is 2.20. The highest BCUT2D eigenvalue weighted by Gasteiger charge is 2.24. The van der Waals surface area contributed by atoms with Crippen molar-refractivity contribution in [1.29, 1.82) is 0 Å². The van der Waals surface area contributed by atoms with E-state index in [4.69, 9.17) is 5.73 Å². The van der Waals surface area contributed by atoms with E-state index in [1.165, 1.54) is 5.56 Å². The van der Waals surface area contributed by atoms with Crippen molar-refractivity contribution in [3.8, 4) is 0 Å². The van der Waals surface area contributed by atoms with E-state index < -0.39 is 6.04 Å². The van der Waals surface area contributed by atoms with Gasteiger partial charge in [-0.2, -0.15) is 0 Å². The molecular weight excluding hydrogens is 300 g/mol. The molecule has 0 radical (unpaired) electrons. The molecule has 2 heterocycles. The van der Waals surface area contributed by atoms with Crippen molar-refractivity contribution in [2.75, 3.05) is 13.6 Å². The van der Waals surface area contributed by atoms with E-state index in [1.807, 2.05) is 37.6 Å². The van der Waals surface area contributed by atoms with Crippen LogP contribution in [0.2, 0.25) is 0 Å². The molecule has 0 saturated carbocycles. The molecule has 0 fully saturated rings. The Morgan fingerprint density at radius 3 is 3.00 bits per heavy atom. The van der Waals surface area contributed by atoms with Gasteiger partial charge in [-0.1, -0.05) is 30.3 Å². The second kappa shape index (κ2) is 7.62. The fourth-order valence-corrected chi connectivity index (χ4v) is 3.42. The van der Waals surface area contributed by atoms with Crippen molar-refractivity contribution in [2.24, 2.45) is 11.7 Å². The molecule has 24 heavy (non-hydrogen) atoms. The first-order chi connectivity index (χ1) is 11.6. The third-order valence-electron chi connectivity index (χ3n) is 4.86. The zero-order valence-electron chi connectivity index (χ0n) is 14.3. The van der Waals surface area contributed by atoms with Crippen LogP contribution in [0.25, 0.3) is 0 Å². The highest BCUT2D eigenvalue weighted by atomic mass is 16.2. The van der Waals surface area contributed by atoms with Crippen LogP contribution in [0.4, 0.5) is 0 Å². The van der Waals surface area contributed by atoms with Gasteiger partial charge in [0.25, 0.3) is 0 Å². The van der Waals surface area contributed by atoms with Crippen molar-refractivity contribution >= 4 is 5.91 Å². The maximum absolute atomic E-state index is 12.5. The first-order valence-corrected chi connectivity index (χ1v) is 8.68. The Balaban J connectivity index is 1.47. The predicted molar refractivity (Wildman–Crippen MR) is 94.4 cm³/mol. The number of carbonyl (C=O) groups excluding carboxylic acids is 1. The second-order valence-electron chi connectivity index (χ2n) is 6.75. The largest absolute Gasteiger partial charge is 0.344 e. The van der Waals surface area contributed by atoms with Gasteiger partial charge in [-0.25, -0.2) is 4.98 Å². The minimum absolute atomic E-state index is 0.0415. The van der Waals surface area contributed by atoms with Crippen LogP contribution in [0.1, 0.15) is 24.2 Å². The number of benzene rings is 1. The van der Waals surface area contributed by atoms with Crippen molar-refractivity contribution in [2.45, 2.75) is 38.3 Å². The van der Waals surface area contributed by atoms with E-state index in [1.54, 1.807) is 4.90 Å². The Bertz CT molecular complexity index is 667. The number of fused-ring (bicyclic) bond motifs is 1. The number of rotatable bonds is 6. The number of nitrogens with two attached hydrogens (primary N) is 1. The lowest BCUT2D eigenvalue weighted by Gasteiger charge is -2.29. The molecule has 2 N–H and O–H groups in total. The maximum Gasteiger partial charge on any atom is 0.239 e. The van der Waals surface area contributed by atoms with Gasteiger partial charge < -0.3 is 15.2 Å². The number of likely N-dealkylation sites (N-methyl/N-ethyl adjacent to an activating group) is 1. The van der Waals surface area contributed by atoms with E-state index in [-0.39, 0.29) is 5.91 Å². The maximum atomic E-state index is 12.5. The Morgan fingerprint density at radius 1 is 1.42 bits per heavy atom. The summed E-state index contributed by atoms with van der Waals surface area (Å²) in [7, 11) is 1.87. The summed E-state index contributed by atoms with van der Waals surface area (Å²) in [4.78, 5) is 18.7. The minimum Gasteiger partial charge on any atom is -0.344 e. The van der Waals surface area contributed by atoms with Crippen LogP contribution < -0.4 is 5.73 Å². The average Bonchev–Trinajstić information content (AvgIpc) is 3.07. The van der Waals surface area contributed by atoms with Gasteiger partial charge in [0.15, 0.2) is 0 Å². The Kier molecular flexibility index (Phi) is 5.30. The Morgan fingerprint density at radius 2 is 2.21 bits per heavy atom. The summed E-state index contributed by atoms with van der Waals surface area (Å²) in [6.07, 6.45) is 7.42. The van der Waals surface area contributed by atoms with Gasteiger partial charge in [0, 0.05) is 39.0 Å². The Labute approximate surface area is 143 Å². The fourth-order valence-electron chi connectivity index (χ4n) is 3.42. The molecule has 1 aromatic carbocycles. The monoisotopic (exact) mass is 326 g/mol. The number of aryl methyl sites for hydroxylation is 2. The number of nitrogens with zero attached hydrogens (tertiary/aromatic N) is 3. The molecule has 5 heteroatoms. The van der Waals surface area contributed by atoms with E-state index >= 15 is 0 Å². The molecule has 1 aliphatic rings. The van der Waals surface area contributed by atoms with Gasteiger partial charge in [0.1, 0.15) is 5.82 Å². The lowest BCUT2D eigenvalue weighted by molar-refractivity contribution is -0.132. The zero-order valence-corrected chi connectivity index (χ0v) is 14.3. The predicted octanol–water partition coefficient (Wildman–Crippen LogP) is 1.86. The number of hydrogen-bond donors (Lipinski definition) is 1. The average molecular weight is 326 g/mol. The number of amides is 1. The summed E-state index contributed by atoms with van der Waals surface area (Å²) in [5.74, 6) is 1.63. The van der Waals surface area contributed by atoms with E-state index in [2.05, 4.69) is 21.7 Å². The van der Waals surface area contributed by atoms with Crippen LogP contribution in [0.3, 0.4) is 0 Å². The SMILES string of the molecule is CN(CC1CCn2ccnc2C1)C(=O)[C@@H](N)CCc1ccccc1. The molecule has 2 atom stereocenters. The molecule has 1 unspecified atom stereocenters. The van der Waals surface area contributed by atoms with Gasteiger partial charge >= 0.3 is 0 Å². The number of aromatic nitrogens is 2.